The fraction of sp³-hybridized carbons (Fsp3) is 0. The second-order valence-corrected chi connectivity index (χ2v) is 1.34. The van der Waals surface area contributed by atoms with E-state index >= 15 is 0 Å². The summed E-state index contributed by atoms with van der Waals surface area (Å²) >= 11 is 0. The maximum absolute atomic E-state index is 8.74. The summed E-state index contributed by atoms with van der Waals surface area (Å²) in [6.45, 7) is 0. The van der Waals surface area contributed by atoms with Gasteiger partial charge in [0, 0.05) is 0 Å². The SMILES string of the molecule is O.O.O=S(=O)(O)O.[CaH2].[CaH2]. The van der Waals surface area contributed by atoms with Crippen LogP contribution in [-0.2, 0) is 10.4 Å². The van der Waals surface area contributed by atoms with Crippen molar-refractivity contribution in [1.82, 2.24) is 0 Å². The first-order valence-corrected chi connectivity index (χ1v) is 2.10. The molecule has 0 aliphatic carbocycles. The van der Waals surface area contributed by atoms with Crippen LogP contribution in [0.4, 0.5) is 0 Å². The molecule has 0 saturated carbocycles. The Labute approximate surface area is 112 Å². The van der Waals surface area contributed by atoms with E-state index < -0.39 is 10.4 Å². The van der Waals surface area contributed by atoms with Gasteiger partial charge in [-0.1, -0.05) is 0 Å². The van der Waals surface area contributed by atoms with Crippen LogP contribution >= 0.6 is 0 Å². The molecule has 0 aromatic rings. The Kier molecular flexibility index (Phi) is 43.4. The Morgan fingerprint density at radius 1 is 0.889 bits per heavy atom. The van der Waals surface area contributed by atoms with Crippen molar-refractivity contribution in [3.63, 3.8) is 0 Å². The summed E-state index contributed by atoms with van der Waals surface area (Å²) in [6.07, 6.45) is 0. The Morgan fingerprint density at radius 3 is 0.889 bits per heavy atom. The van der Waals surface area contributed by atoms with Gasteiger partial charge in [0.15, 0.2) is 0 Å². The van der Waals surface area contributed by atoms with E-state index in [1.165, 1.54) is 0 Å². The predicted molar refractivity (Wildman–Crippen MR) is 38.5 cm³/mol. The van der Waals surface area contributed by atoms with Crippen molar-refractivity contribution in [3.05, 3.63) is 0 Å². The van der Waals surface area contributed by atoms with Crippen molar-refractivity contribution in [1.29, 1.82) is 0 Å². The topological polar surface area (TPSA) is 138 Å². The molecule has 0 aliphatic rings. The van der Waals surface area contributed by atoms with Gasteiger partial charge in [-0.2, -0.15) is 8.42 Å². The molecule has 0 saturated heterocycles. The van der Waals surface area contributed by atoms with Crippen LogP contribution in [0.5, 0.6) is 0 Å². The average Bonchev–Trinajstić information content (AvgIpc) is 0.722. The van der Waals surface area contributed by atoms with Crippen LogP contribution in [0, 0.1) is 0 Å². The fourth-order valence-electron chi connectivity index (χ4n) is 0. The second kappa shape index (κ2) is 12.9. The van der Waals surface area contributed by atoms with Crippen LogP contribution in [0.15, 0.2) is 0 Å². The summed E-state index contributed by atoms with van der Waals surface area (Å²) in [5, 5.41) is 0. The number of hydrogen-bond donors (Lipinski definition) is 2. The quantitative estimate of drug-likeness (QED) is 0.315. The van der Waals surface area contributed by atoms with Crippen LogP contribution < -0.4 is 0 Å². The van der Waals surface area contributed by atoms with Crippen LogP contribution in [0.2, 0.25) is 0 Å². The zero-order valence-electron chi connectivity index (χ0n) is 3.12. The van der Waals surface area contributed by atoms with E-state index in [2.05, 4.69) is 0 Å². The van der Waals surface area contributed by atoms with E-state index in [0.717, 1.165) is 0 Å². The number of rotatable bonds is 0. The molecular formula is H10Ca2O6S. The molecule has 0 unspecified atom stereocenters. The van der Waals surface area contributed by atoms with Gasteiger partial charge in [0.05, 0.1) is 0 Å². The molecule has 0 fully saturated rings. The maximum atomic E-state index is 8.74. The molecule has 0 atom stereocenters. The molecule has 0 spiro atoms. The summed E-state index contributed by atoms with van der Waals surface area (Å²) < 4.78 is 31.6. The summed E-state index contributed by atoms with van der Waals surface area (Å²) in [5.74, 6) is 0. The summed E-state index contributed by atoms with van der Waals surface area (Å²) in [4.78, 5) is 0. The zero-order valence-corrected chi connectivity index (χ0v) is 3.94. The van der Waals surface area contributed by atoms with Gasteiger partial charge < -0.3 is 11.0 Å². The van der Waals surface area contributed by atoms with Gasteiger partial charge >= 0.3 is 85.9 Å². The third-order valence-corrected chi connectivity index (χ3v) is 0. The van der Waals surface area contributed by atoms with E-state index in [1.54, 1.807) is 0 Å². The van der Waals surface area contributed by atoms with Gasteiger partial charge in [0.25, 0.3) is 0 Å². The van der Waals surface area contributed by atoms with Gasteiger partial charge in [0.2, 0.25) is 0 Å². The van der Waals surface area contributed by atoms with E-state index in [4.69, 9.17) is 17.5 Å². The van der Waals surface area contributed by atoms with Crippen LogP contribution in [0.1, 0.15) is 0 Å². The van der Waals surface area contributed by atoms with Crippen molar-refractivity contribution < 1.29 is 28.5 Å². The Bertz CT molecular complexity index is 94.2. The van der Waals surface area contributed by atoms with Gasteiger partial charge in [-0.05, 0) is 0 Å². The van der Waals surface area contributed by atoms with Crippen LogP contribution in [-0.4, -0.2) is 104 Å². The van der Waals surface area contributed by atoms with Crippen molar-refractivity contribution >= 4 is 85.9 Å². The van der Waals surface area contributed by atoms with Crippen LogP contribution in [0.25, 0.3) is 0 Å². The third-order valence-electron chi connectivity index (χ3n) is 0. The van der Waals surface area contributed by atoms with Gasteiger partial charge in [0.1, 0.15) is 0 Å². The molecule has 56 valence electrons. The molecule has 6 nitrogen and oxygen atoms in total. The first-order valence-electron chi connectivity index (χ1n) is 0.698. The number of hydrogen-bond acceptors (Lipinski definition) is 2. The van der Waals surface area contributed by atoms with Crippen molar-refractivity contribution in [3.8, 4) is 0 Å². The molecule has 0 aliphatic heterocycles. The summed E-state index contributed by atoms with van der Waals surface area (Å²) in [7, 11) is -4.67. The molecule has 0 aromatic carbocycles. The zero-order chi connectivity index (χ0) is 4.50. The summed E-state index contributed by atoms with van der Waals surface area (Å²) in [5.41, 5.74) is 0. The predicted octanol–water partition coefficient (Wildman–Crippen LogP) is -4.13. The normalized spacial score (nSPS) is 6.44. The first kappa shape index (κ1) is 30.2. The Balaban J connectivity index is -0.0000000133. The first-order chi connectivity index (χ1) is 2.00. The van der Waals surface area contributed by atoms with E-state index in [1.807, 2.05) is 0 Å². The van der Waals surface area contributed by atoms with Crippen LogP contribution in [0.3, 0.4) is 0 Å². The van der Waals surface area contributed by atoms with Crippen molar-refractivity contribution in [2.75, 3.05) is 0 Å². The molecule has 0 heterocycles. The molecule has 0 rings (SSSR count). The third kappa shape index (κ3) is 133. The molecular weight excluding hydrogens is 208 g/mol. The van der Waals surface area contributed by atoms with Gasteiger partial charge in [-0.15, -0.1) is 0 Å². The molecule has 9 heavy (non-hydrogen) atoms. The average molecular weight is 218 g/mol. The molecule has 0 aromatic heterocycles. The van der Waals surface area contributed by atoms with E-state index in [0.29, 0.717) is 0 Å². The van der Waals surface area contributed by atoms with E-state index in [9.17, 15) is 0 Å². The Morgan fingerprint density at radius 2 is 0.889 bits per heavy atom. The molecule has 0 bridgehead atoms. The molecule has 9 heteroatoms. The molecule has 0 radical (unpaired) electrons. The van der Waals surface area contributed by atoms with Crippen molar-refractivity contribution in [2.45, 2.75) is 0 Å². The van der Waals surface area contributed by atoms with Gasteiger partial charge in [-0.3, -0.25) is 9.11 Å². The van der Waals surface area contributed by atoms with E-state index in [-0.39, 0.29) is 86.4 Å². The fourth-order valence-corrected chi connectivity index (χ4v) is 0. The molecule has 0 amide bonds. The second-order valence-electron chi connectivity index (χ2n) is 0.448. The van der Waals surface area contributed by atoms with Crippen molar-refractivity contribution in [2.24, 2.45) is 0 Å². The van der Waals surface area contributed by atoms with Gasteiger partial charge in [-0.25, -0.2) is 0 Å². The molecule has 6 N–H and O–H groups in total. The minimum atomic E-state index is -4.67. The monoisotopic (exact) mass is 218 g/mol. The summed E-state index contributed by atoms with van der Waals surface area (Å²) in [6, 6.07) is 0. The minimum absolute atomic E-state index is 0. The standard InChI is InChI=1S/2Ca.H2O4S.2H2O.4H/c;;1-5(2,3)4;;;;;;/h;;(H2,1,2,3,4);2*1H2;;;;. The Hall–Kier alpha value is 2.31.